The number of hydrogen-bond donors (Lipinski definition) is 2. The van der Waals surface area contributed by atoms with E-state index in [4.69, 9.17) is 10.5 Å². The van der Waals surface area contributed by atoms with E-state index >= 15 is 0 Å². The zero-order valence-corrected chi connectivity index (χ0v) is 13.6. The van der Waals surface area contributed by atoms with E-state index in [1.807, 2.05) is 19.9 Å². The maximum absolute atomic E-state index is 12.1. The van der Waals surface area contributed by atoms with Crippen LogP contribution in [0.3, 0.4) is 0 Å². The van der Waals surface area contributed by atoms with Crippen molar-refractivity contribution in [3.8, 4) is 5.88 Å². The summed E-state index contributed by atoms with van der Waals surface area (Å²) >= 11 is 0. The molecule has 0 spiro atoms. The Morgan fingerprint density at radius 3 is 2.61 bits per heavy atom. The Balaban J connectivity index is 1.77. The van der Waals surface area contributed by atoms with E-state index < -0.39 is 0 Å². The van der Waals surface area contributed by atoms with Crippen molar-refractivity contribution in [3.05, 3.63) is 23.9 Å². The zero-order valence-electron chi connectivity index (χ0n) is 13.6. The van der Waals surface area contributed by atoms with E-state index in [2.05, 4.69) is 10.3 Å². The molecule has 3 amide bonds. The van der Waals surface area contributed by atoms with Gasteiger partial charge < -0.3 is 20.7 Å². The number of urea groups is 1. The summed E-state index contributed by atoms with van der Waals surface area (Å²) in [6.45, 7) is 5.40. The second kappa shape index (κ2) is 7.80. The second-order valence-electron chi connectivity index (χ2n) is 5.99. The molecule has 1 aromatic rings. The van der Waals surface area contributed by atoms with E-state index in [0.717, 1.165) is 5.56 Å². The van der Waals surface area contributed by atoms with Crippen molar-refractivity contribution in [1.29, 1.82) is 0 Å². The van der Waals surface area contributed by atoms with Gasteiger partial charge in [-0.3, -0.25) is 4.79 Å². The summed E-state index contributed by atoms with van der Waals surface area (Å²) in [4.78, 5) is 29.1. The third-order valence-electron chi connectivity index (χ3n) is 3.78. The van der Waals surface area contributed by atoms with Crippen LogP contribution in [0, 0.1) is 5.92 Å². The molecule has 2 rings (SSSR count). The van der Waals surface area contributed by atoms with Crippen LogP contribution in [0.1, 0.15) is 32.3 Å². The molecule has 0 aliphatic carbocycles. The Hall–Kier alpha value is -2.31. The van der Waals surface area contributed by atoms with Gasteiger partial charge in [-0.1, -0.05) is 6.07 Å². The van der Waals surface area contributed by atoms with Crippen LogP contribution in [-0.4, -0.2) is 41.0 Å². The lowest BCUT2D eigenvalue weighted by molar-refractivity contribution is -0.123. The van der Waals surface area contributed by atoms with Crippen molar-refractivity contribution >= 4 is 11.9 Å². The van der Waals surface area contributed by atoms with Gasteiger partial charge in [0.25, 0.3) is 0 Å². The number of nitrogens with one attached hydrogen (secondary N) is 1. The number of nitrogens with two attached hydrogens (primary N) is 1. The Labute approximate surface area is 136 Å². The molecule has 7 nitrogen and oxygen atoms in total. The van der Waals surface area contributed by atoms with E-state index in [1.54, 1.807) is 17.2 Å². The van der Waals surface area contributed by atoms with Crippen molar-refractivity contribution < 1.29 is 14.3 Å². The van der Waals surface area contributed by atoms with Crippen molar-refractivity contribution in [1.82, 2.24) is 15.2 Å². The molecule has 1 aliphatic heterocycles. The number of pyridine rings is 1. The van der Waals surface area contributed by atoms with Crippen LogP contribution in [0.15, 0.2) is 18.3 Å². The number of amides is 3. The molecule has 1 saturated heterocycles. The summed E-state index contributed by atoms with van der Waals surface area (Å²) in [6, 6.07) is 3.54. The zero-order chi connectivity index (χ0) is 16.8. The van der Waals surface area contributed by atoms with Crippen LogP contribution in [0.4, 0.5) is 4.79 Å². The Morgan fingerprint density at radius 1 is 1.39 bits per heavy atom. The molecule has 1 fully saturated rings. The number of aromatic nitrogens is 1. The molecule has 1 aliphatic rings. The van der Waals surface area contributed by atoms with Gasteiger partial charge in [0, 0.05) is 37.8 Å². The molecule has 126 valence electrons. The summed E-state index contributed by atoms with van der Waals surface area (Å²) < 4.78 is 5.47. The number of piperidine rings is 1. The predicted octanol–water partition coefficient (Wildman–Crippen LogP) is 1.28. The quantitative estimate of drug-likeness (QED) is 0.854. The number of nitrogens with zero attached hydrogens (tertiary/aromatic N) is 2. The minimum absolute atomic E-state index is 0.0800. The first kappa shape index (κ1) is 17.1. The first-order chi connectivity index (χ1) is 11.0. The summed E-state index contributed by atoms with van der Waals surface area (Å²) in [6.07, 6.45) is 3.03. The van der Waals surface area contributed by atoms with Crippen LogP contribution in [0.25, 0.3) is 0 Å². The van der Waals surface area contributed by atoms with Crippen LogP contribution in [-0.2, 0) is 11.3 Å². The molecule has 1 aromatic heterocycles. The first-order valence-corrected chi connectivity index (χ1v) is 7.89. The molecule has 0 saturated carbocycles. The molecule has 0 atom stereocenters. The number of rotatable bonds is 5. The van der Waals surface area contributed by atoms with Crippen molar-refractivity contribution in [3.63, 3.8) is 0 Å². The standard InChI is InChI=1S/C16H24N4O3/c1-11(2)23-14-4-3-12(9-18-14)10-19-16(22)20-7-5-13(6-8-20)15(17)21/h3-4,9,11,13H,5-8,10H2,1-2H3,(H2,17,21)(H,19,22). The number of likely N-dealkylation sites (tertiary alicyclic amines) is 1. The molecule has 23 heavy (non-hydrogen) atoms. The normalized spacial score (nSPS) is 15.5. The second-order valence-corrected chi connectivity index (χ2v) is 5.99. The van der Waals surface area contributed by atoms with E-state index in [9.17, 15) is 9.59 Å². The molecule has 0 bridgehead atoms. The fourth-order valence-electron chi connectivity index (χ4n) is 2.48. The van der Waals surface area contributed by atoms with E-state index in [1.165, 1.54) is 0 Å². The average molecular weight is 320 g/mol. The van der Waals surface area contributed by atoms with Crippen LogP contribution in [0.5, 0.6) is 5.88 Å². The summed E-state index contributed by atoms with van der Waals surface area (Å²) in [7, 11) is 0. The van der Waals surface area contributed by atoms with E-state index in [-0.39, 0.29) is 24.0 Å². The third kappa shape index (κ3) is 5.12. The Bertz CT molecular complexity index is 537. The molecule has 0 radical (unpaired) electrons. The number of carbonyl (C=O) groups excluding carboxylic acids is 2. The van der Waals surface area contributed by atoms with Crippen molar-refractivity contribution in [2.45, 2.75) is 39.3 Å². The number of primary amides is 1. The minimum atomic E-state index is -0.278. The van der Waals surface area contributed by atoms with Gasteiger partial charge in [-0.05, 0) is 32.3 Å². The van der Waals surface area contributed by atoms with Crippen molar-refractivity contribution in [2.75, 3.05) is 13.1 Å². The van der Waals surface area contributed by atoms with E-state index in [0.29, 0.717) is 38.4 Å². The van der Waals surface area contributed by atoms with Gasteiger partial charge in [0.15, 0.2) is 0 Å². The highest BCUT2D eigenvalue weighted by Crippen LogP contribution is 2.16. The molecular weight excluding hydrogens is 296 g/mol. The molecule has 2 heterocycles. The largest absolute Gasteiger partial charge is 0.475 e. The Kier molecular flexibility index (Phi) is 5.78. The first-order valence-electron chi connectivity index (χ1n) is 7.89. The molecule has 3 N–H and O–H groups in total. The summed E-state index contributed by atoms with van der Waals surface area (Å²) in [5, 5.41) is 2.86. The highest BCUT2D eigenvalue weighted by atomic mass is 16.5. The molecule has 0 unspecified atom stereocenters. The topological polar surface area (TPSA) is 97.5 Å². The maximum atomic E-state index is 12.1. The van der Waals surface area contributed by atoms with Gasteiger partial charge in [0.2, 0.25) is 11.8 Å². The summed E-state index contributed by atoms with van der Waals surface area (Å²) in [5.41, 5.74) is 6.19. The molecule has 0 aromatic carbocycles. The van der Waals surface area contributed by atoms with Crippen molar-refractivity contribution in [2.24, 2.45) is 11.7 Å². The van der Waals surface area contributed by atoms with Gasteiger partial charge in [-0.25, -0.2) is 9.78 Å². The highest BCUT2D eigenvalue weighted by molar-refractivity contribution is 5.78. The fourth-order valence-corrected chi connectivity index (χ4v) is 2.48. The highest BCUT2D eigenvalue weighted by Gasteiger charge is 2.25. The van der Waals surface area contributed by atoms with Gasteiger partial charge in [-0.15, -0.1) is 0 Å². The molecule has 7 heteroatoms. The lowest BCUT2D eigenvalue weighted by atomic mass is 9.96. The number of ether oxygens (including phenoxy) is 1. The lowest BCUT2D eigenvalue weighted by Gasteiger charge is -2.30. The third-order valence-corrected chi connectivity index (χ3v) is 3.78. The fraction of sp³-hybridized carbons (Fsp3) is 0.562. The average Bonchev–Trinajstić information content (AvgIpc) is 2.53. The smallest absolute Gasteiger partial charge is 0.317 e. The SMILES string of the molecule is CC(C)Oc1ccc(CNC(=O)N2CCC(C(N)=O)CC2)cn1. The van der Waals surface area contributed by atoms with Crippen LogP contribution >= 0.6 is 0 Å². The van der Waals surface area contributed by atoms with Gasteiger partial charge in [-0.2, -0.15) is 0 Å². The molecular formula is C16H24N4O3. The van der Waals surface area contributed by atoms with Gasteiger partial charge in [0.05, 0.1) is 6.10 Å². The number of hydrogen-bond acceptors (Lipinski definition) is 4. The Morgan fingerprint density at radius 2 is 2.09 bits per heavy atom. The van der Waals surface area contributed by atoms with Gasteiger partial charge in [0.1, 0.15) is 0 Å². The number of carbonyl (C=O) groups is 2. The monoisotopic (exact) mass is 320 g/mol. The summed E-state index contributed by atoms with van der Waals surface area (Å²) in [5.74, 6) is 0.181. The lowest BCUT2D eigenvalue weighted by Crippen LogP contribution is -2.46. The van der Waals surface area contributed by atoms with Crippen LogP contribution in [0.2, 0.25) is 0 Å². The predicted molar refractivity (Wildman–Crippen MR) is 85.7 cm³/mol. The minimum Gasteiger partial charge on any atom is -0.475 e. The van der Waals surface area contributed by atoms with Crippen LogP contribution < -0.4 is 15.8 Å². The van der Waals surface area contributed by atoms with Gasteiger partial charge >= 0.3 is 6.03 Å². The maximum Gasteiger partial charge on any atom is 0.317 e.